The zero-order valence-corrected chi connectivity index (χ0v) is 16.0. The van der Waals surface area contributed by atoms with Gasteiger partial charge in [-0.3, -0.25) is 4.98 Å². The first-order valence-corrected chi connectivity index (χ1v) is 10.0. The molecule has 0 aliphatic rings. The Morgan fingerprint density at radius 3 is 2.67 bits per heavy atom. The molecule has 5 nitrogen and oxygen atoms in total. The van der Waals surface area contributed by atoms with Gasteiger partial charge in [0.1, 0.15) is 10.7 Å². The van der Waals surface area contributed by atoms with Crippen molar-refractivity contribution in [2.45, 2.75) is 6.92 Å². The smallest absolute Gasteiger partial charge is 0.179 e. The van der Waals surface area contributed by atoms with Gasteiger partial charge in [0, 0.05) is 30.4 Å². The summed E-state index contributed by atoms with van der Waals surface area (Å²) in [6.45, 7) is 2.02. The summed E-state index contributed by atoms with van der Waals surface area (Å²) in [5, 5.41) is 4.16. The monoisotopic (exact) mass is 387 g/mol. The number of thiophene rings is 1. The maximum Gasteiger partial charge on any atom is 0.179 e. The highest BCUT2D eigenvalue weighted by Gasteiger charge is 2.17. The number of nitrogens with zero attached hydrogens (tertiary/aromatic N) is 5. The largest absolute Gasteiger partial charge is 0.264 e. The quantitative estimate of drug-likeness (QED) is 0.423. The Kier molecular flexibility index (Phi) is 3.95. The van der Waals surface area contributed by atoms with Crippen LogP contribution >= 0.6 is 22.7 Å². The Labute approximate surface area is 163 Å². The second kappa shape index (κ2) is 6.61. The zero-order valence-electron chi connectivity index (χ0n) is 14.3. The summed E-state index contributed by atoms with van der Waals surface area (Å²) in [5.74, 6) is 0.640. The molecule has 0 unspecified atom stereocenters. The molecule has 0 fully saturated rings. The van der Waals surface area contributed by atoms with Gasteiger partial charge in [0.05, 0.1) is 21.0 Å². The molecule has 0 radical (unpaired) electrons. The van der Waals surface area contributed by atoms with Crippen LogP contribution in [0.2, 0.25) is 0 Å². The first-order chi connectivity index (χ1) is 13.3. The number of rotatable bonds is 3. The number of aryl methyl sites for hydroxylation is 1. The minimum absolute atomic E-state index is 0.640. The lowest BCUT2D eigenvalue weighted by atomic mass is 10.2. The number of hydrogen-bond donors (Lipinski definition) is 0. The normalized spacial score (nSPS) is 11.1. The topological polar surface area (TPSA) is 64.5 Å². The summed E-state index contributed by atoms with van der Waals surface area (Å²) in [6, 6.07) is 9.98. The van der Waals surface area contributed by atoms with Crippen LogP contribution in [-0.2, 0) is 0 Å². The van der Waals surface area contributed by atoms with Crippen molar-refractivity contribution in [2.24, 2.45) is 0 Å². The van der Waals surface area contributed by atoms with Crippen LogP contribution in [0.5, 0.6) is 0 Å². The standard InChI is InChI=1S/C20H13N5S2/c1-12-17(27-20(24-12)14-4-2-6-21-11-14)15-10-13-5-9-26-18(13)16(25-15)19-22-7-3-8-23-19/h2-11H,1H3. The Balaban J connectivity index is 1.69. The first kappa shape index (κ1) is 16.2. The Bertz CT molecular complexity index is 1230. The third-order valence-corrected chi connectivity index (χ3v) is 6.32. The van der Waals surface area contributed by atoms with E-state index in [9.17, 15) is 0 Å². The minimum atomic E-state index is 0.640. The van der Waals surface area contributed by atoms with E-state index in [1.54, 1.807) is 41.3 Å². The van der Waals surface area contributed by atoms with E-state index in [-0.39, 0.29) is 0 Å². The average Bonchev–Trinajstić information content (AvgIpc) is 3.35. The molecule has 5 aromatic heterocycles. The highest BCUT2D eigenvalue weighted by Crippen LogP contribution is 2.38. The van der Waals surface area contributed by atoms with Gasteiger partial charge in [-0.2, -0.15) is 0 Å². The van der Waals surface area contributed by atoms with Gasteiger partial charge in [-0.05, 0) is 48.0 Å². The van der Waals surface area contributed by atoms with Gasteiger partial charge in [-0.1, -0.05) is 0 Å². The molecule has 5 heterocycles. The number of hydrogen-bond acceptors (Lipinski definition) is 7. The SMILES string of the molecule is Cc1nc(-c2cccnc2)sc1-c1cc2ccsc2c(-c2ncccn2)n1. The highest BCUT2D eigenvalue weighted by molar-refractivity contribution is 7.18. The van der Waals surface area contributed by atoms with E-state index in [0.717, 1.165) is 42.6 Å². The Morgan fingerprint density at radius 2 is 1.85 bits per heavy atom. The summed E-state index contributed by atoms with van der Waals surface area (Å²) >= 11 is 3.29. The van der Waals surface area contributed by atoms with E-state index in [0.29, 0.717) is 5.82 Å². The molecule has 0 aliphatic carbocycles. The fourth-order valence-electron chi connectivity index (χ4n) is 2.91. The van der Waals surface area contributed by atoms with Crippen molar-refractivity contribution >= 4 is 32.8 Å². The second-order valence-electron chi connectivity index (χ2n) is 5.94. The lowest BCUT2D eigenvalue weighted by Gasteiger charge is -2.05. The molecule has 0 amide bonds. The zero-order chi connectivity index (χ0) is 18.2. The predicted molar refractivity (Wildman–Crippen MR) is 110 cm³/mol. The summed E-state index contributed by atoms with van der Waals surface area (Å²) in [5.41, 5.74) is 3.68. The van der Waals surface area contributed by atoms with Crippen molar-refractivity contribution in [3.63, 3.8) is 0 Å². The van der Waals surface area contributed by atoms with E-state index in [4.69, 9.17) is 9.97 Å². The van der Waals surface area contributed by atoms with E-state index < -0.39 is 0 Å². The molecular weight excluding hydrogens is 374 g/mol. The lowest BCUT2D eigenvalue weighted by Crippen LogP contribution is -1.93. The molecule has 5 aromatic rings. The Hall–Kier alpha value is -3.03. The van der Waals surface area contributed by atoms with Crippen LogP contribution in [0.1, 0.15) is 5.69 Å². The fourth-order valence-corrected chi connectivity index (χ4v) is 4.79. The van der Waals surface area contributed by atoms with Gasteiger partial charge in [-0.15, -0.1) is 22.7 Å². The fraction of sp³-hybridized carbons (Fsp3) is 0.0500. The van der Waals surface area contributed by atoms with Crippen LogP contribution in [0.15, 0.2) is 60.5 Å². The van der Waals surface area contributed by atoms with Crippen molar-refractivity contribution in [3.8, 4) is 32.7 Å². The van der Waals surface area contributed by atoms with Crippen LogP contribution in [-0.4, -0.2) is 24.9 Å². The molecule has 0 spiro atoms. The maximum atomic E-state index is 4.92. The molecule has 0 atom stereocenters. The van der Waals surface area contributed by atoms with Crippen molar-refractivity contribution in [1.29, 1.82) is 0 Å². The third-order valence-electron chi connectivity index (χ3n) is 4.15. The average molecular weight is 387 g/mol. The van der Waals surface area contributed by atoms with E-state index in [1.807, 2.05) is 31.3 Å². The first-order valence-electron chi connectivity index (χ1n) is 8.33. The van der Waals surface area contributed by atoms with Gasteiger partial charge in [0.25, 0.3) is 0 Å². The van der Waals surface area contributed by atoms with Gasteiger partial charge < -0.3 is 0 Å². The Morgan fingerprint density at radius 1 is 0.963 bits per heavy atom. The van der Waals surface area contributed by atoms with Crippen LogP contribution in [0.25, 0.3) is 42.7 Å². The third kappa shape index (κ3) is 2.90. The molecule has 5 rings (SSSR count). The predicted octanol–water partition coefficient (Wildman–Crippen LogP) is 5.25. The molecule has 27 heavy (non-hydrogen) atoms. The van der Waals surface area contributed by atoms with E-state index >= 15 is 0 Å². The number of aromatic nitrogens is 5. The number of pyridine rings is 2. The van der Waals surface area contributed by atoms with Gasteiger partial charge in [0.15, 0.2) is 5.82 Å². The van der Waals surface area contributed by atoms with Gasteiger partial charge >= 0.3 is 0 Å². The number of fused-ring (bicyclic) bond motifs is 1. The second-order valence-corrected chi connectivity index (χ2v) is 7.86. The highest BCUT2D eigenvalue weighted by atomic mass is 32.1. The van der Waals surface area contributed by atoms with Crippen LogP contribution in [0, 0.1) is 6.92 Å². The number of thiazole rings is 1. The molecular formula is C20H13N5S2. The molecule has 7 heteroatoms. The van der Waals surface area contributed by atoms with Crippen molar-refractivity contribution < 1.29 is 0 Å². The molecule has 0 aliphatic heterocycles. The molecule has 130 valence electrons. The summed E-state index contributed by atoms with van der Waals surface area (Å²) in [4.78, 5) is 23.7. The summed E-state index contributed by atoms with van der Waals surface area (Å²) in [6.07, 6.45) is 7.09. The summed E-state index contributed by atoms with van der Waals surface area (Å²) < 4.78 is 1.10. The van der Waals surface area contributed by atoms with Crippen LogP contribution < -0.4 is 0 Å². The van der Waals surface area contributed by atoms with Crippen molar-refractivity contribution in [1.82, 2.24) is 24.9 Å². The molecule has 0 N–H and O–H groups in total. The lowest BCUT2D eigenvalue weighted by molar-refractivity contribution is 1.15. The van der Waals surface area contributed by atoms with E-state index in [1.165, 1.54) is 0 Å². The van der Waals surface area contributed by atoms with E-state index in [2.05, 4.69) is 32.5 Å². The van der Waals surface area contributed by atoms with Crippen molar-refractivity contribution in [2.75, 3.05) is 0 Å². The molecule has 0 saturated carbocycles. The minimum Gasteiger partial charge on any atom is -0.264 e. The molecule has 0 bridgehead atoms. The molecule has 0 aromatic carbocycles. The van der Waals surface area contributed by atoms with Crippen molar-refractivity contribution in [3.05, 3.63) is 66.2 Å². The molecule has 0 saturated heterocycles. The maximum absolute atomic E-state index is 4.92. The summed E-state index contributed by atoms with van der Waals surface area (Å²) in [7, 11) is 0. The van der Waals surface area contributed by atoms with Gasteiger partial charge in [0.2, 0.25) is 0 Å². The van der Waals surface area contributed by atoms with Crippen LogP contribution in [0.3, 0.4) is 0 Å². The van der Waals surface area contributed by atoms with Gasteiger partial charge in [-0.25, -0.2) is 19.9 Å². The van der Waals surface area contributed by atoms with Crippen LogP contribution in [0.4, 0.5) is 0 Å².